The minimum Gasteiger partial charge on any atom is -0.507 e. The van der Waals surface area contributed by atoms with Gasteiger partial charge in [-0.05, 0) is 66.8 Å². The van der Waals surface area contributed by atoms with Crippen LogP contribution in [0.1, 0.15) is 48.1 Å². The number of carbonyl (C=O) groups is 2. The molecule has 7 heteroatoms. The van der Waals surface area contributed by atoms with Crippen LogP contribution in [0.3, 0.4) is 0 Å². The SMILES string of the molecule is C[C@@H]1Cc2cc(C(O)=C3C(=O)C(=O)N(C[C@H]4CCCO4)[C@@H]3c3ccc(OCc4ccccc4)cc3)ccc2O1. The van der Waals surface area contributed by atoms with E-state index in [1.165, 1.54) is 0 Å². The molecule has 0 unspecified atom stereocenters. The first-order chi connectivity index (χ1) is 19.0. The molecule has 0 aliphatic carbocycles. The molecule has 3 heterocycles. The molecular weight excluding hydrogens is 494 g/mol. The van der Waals surface area contributed by atoms with Crippen LogP contribution in [0.4, 0.5) is 0 Å². The van der Waals surface area contributed by atoms with Crippen molar-refractivity contribution in [2.75, 3.05) is 13.2 Å². The van der Waals surface area contributed by atoms with Gasteiger partial charge in [0.1, 0.15) is 30.0 Å². The summed E-state index contributed by atoms with van der Waals surface area (Å²) in [5, 5.41) is 11.5. The summed E-state index contributed by atoms with van der Waals surface area (Å²) in [7, 11) is 0. The van der Waals surface area contributed by atoms with Crippen molar-refractivity contribution < 1.29 is 28.9 Å². The van der Waals surface area contributed by atoms with Gasteiger partial charge in [-0.2, -0.15) is 0 Å². The van der Waals surface area contributed by atoms with Crippen molar-refractivity contribution in [3.05, 3.63) is 101 Å². The van der Waals surface area contributed by atoms with Crippen molar-refractivity contribution in [1.29, 1.82) is 0 Å². The molecule has 3 aliphatic heterocycles. The van der Waals surface area contributed by atoms with Crippen molar-refractivity contribution >= 4 is 17.4 Å². The van der Waals surface area contributed by atoms with Gasteiger partial charge in [-0.3, -0.25) is 9.59 Å². The molecule has 3 atom stereocenters. The Bertz CT molecular complexity index is 1410. The zero-order valence-corrected chi connectivity index (χ0v) is 21.8. The lowest BCUT2D eigenvalue weighted by atomic mass is 9.94. The number of aliphatic hydroxyl groups is 1. The summed E-state index contributed by atoms with van der Waals surface area (Å²) in [4.78, 5) is 28.3. The maximum Gasteiger partial charge on any atom is 0.295 e. The van der Waals surface area contributed by atoms with Gasteiger partial charge < -0.3 is 24.2 Å². The molecule has 7 nitrogen and oxygen atoms in total. The van der Waals surface area contributed by atoms with E-state index in [1.807, 2.05) is 73.7 Å². The minimum absolute atomic E-state index is 0.0528. The molecule has 0 bridgehead atoms. The quantitative estimate of drug-likeness (QED) is 0.260. The van der Waals surface area contributed by atoms with Crippen LogP contribution in [-0.4, -0.2) is 47.1 Å². The maximum atomic E-state index is 13.4. The number of ether oxygens (including phenoxy) is 3. The van der Waals surface area contributed by atoms with Gasteiger partial charge in [-0.15, -0.1) is 0 Å². The number of benzene rings is 3. The first-order valence-corrected chi connectivity index (χ1v) is 13.4. The number of Topliss-reactive ketones (excluding diaryl/α,β-unsaturated/α-hetero) is 1. The average Bonchev–Trinajstić information content (AvgIpc) is 3.67. The van der Waals surface area contributed by atoms with Gasteiger partial charge >= 0.3 is 0 Å². The van der Waals surface area contributed by atoms with Crippen LogP contribution in [0.5, 0.6) is 11.5 Å². The Balaban J connectivity index is 1.34. The summed E-state index contributed by atoms with van der Waals surface area (Å²) in [5.74, 6) is -0.0449. The van der Waals surface area contributed by atoms with E-state index < -0.39 is 17.7 Å². The maximum absolute atomic E-state index is 13.4. The number of carbonyl (C=O) groups excluding carboxylic acids is 2. The van der Waals surface area contributed by atoms with Crippen LogP contribution < -0.4 is 9.47 Å². The van der Waals surface area contributed by atoms with Crippen LogP contribution in [0.2, 0.25) is 0 Å². The van der Waals surface area contributed by atoms with Gasteiger partial charge in [0, 0.05) is 25.1 Å². The minimum atomic E-state index is -0.735. The Hall–Kier alpha value is -4.10. The highest BCUT2D eigenvalue weighted by Gasteiger charge is 2.47. The van der Waals surface area contributed by atoms with Crippen LogP contribution in [0.15, 0.2) is 78.4 Å². The highest BCUT2D eigenvalue weighted by atomic mass is 16.5. The van der Waals surface area contributed by atoms with E-state index in [4.69, 9.17) is 14.2 Å². The van der Waals surface area contributed by atoms with E-state index in [9.17, 15) is 14.7 Å². The van der Waals surface area contributed by atoms with Crippen molar-refractivity contribution in [1.82, 2.24) is 4.90 Å². The zero-order valence-electron chi connectivity index (χ0n) is 21.8. The molecule has 2 fully saturated rings. The Morgan fingerprint density at radius 1 is 1.05 bits per heavy atom. The number of aliphatic hydroxyl groups excluding tert-OH is 1. The number of nitrogens with zero attached hydrogens (tertiary/aromatic N) is 1. The number of amides is 1. The van der Waals surface area contributed by atoms with Crippen LogP contribution in [0.25, 0.3) is 5.76 Å². The number of likely N-dealkylation sites (tertiary alicyclic amines) is 1. The van der Waals surface area contributed by atoms with E-state index in [-0.39, 0.29) is 30.1 Å². The molecule has 0 radical (unpaired) electrons. The Morgan fingerprint density at radius 3 is 2.59 bits per heavy atom. The Kier molecular flexibility index (Phi) is 6.83. The molecule has 2 saturated heterocycles. The van der Waals surface area contributed by atoms with Gasteiger partial charge in [0.25, 0.3) is 11.7 Å². The second-order valence-corrected chi connectivity index (χ2v) is 10.4. The van der Waals surface area contributed by atoms with Crippen LogP contribution in [0, 0.1) is 0 Å². The fraction of sp³-hybridized carbons (Fsp3) is 0.312. The molecule has 0 saturated carbocycles. The first kappa shape index (κ1) is 25.2. The predicted molar refractivity (Wildman–Crippen MR) is 145 cm³/mol. The largest absolute Gasteiger partial charge is 0.507 e. The van der Waals surface area contributed by atoms with E-state index >= 15 is 0 Å². The first-order valence-electron chi connectivity index (χ1n) is 13.4. The van der Waals surface area contributed by atoms with Crippen molar-refractivity contribution in [3.8, 4) is 11.5 Å². The lowest BCUT2D eigenvalue weighted by Gasteiger charge is -2.27. The second-order valence-electron chi connectivity index (χ2n) is 10.4. The highest BCUT2D eigenvalue weighted by molar-refractivity contribution is 6.46. The van der Waals surface area contributed by atoms with Crippen molar-refractivity contribution in [2.45, 2.75) is 51.0 Å². The molecule has 0 spiro atoms. The van der Waals surface area contributed by atoms with E-state index in [0.29, 0.717) is 24.5 Å². The molecule has 39 heavy (non-hydrogen) atoms. The molecule has 3 aromatic carbocycles. The lowest BCUT2D eigenvalue weighted by molar-refractivity contribution is -0.140. The van der Waals surface area contributed by atoms with Crippen LogP contribution >= 0.6 is 0 Å². The lowest BCUT2D eigenvalue weighted by Crippen LogP contribution is -2.36. The van der Waals surface area contributed by atoms with Crippen LogP contribution in [-0.2, 0) is 27.4 Å². The summed E-state index contributed by atoms with van der Waals surface area (Å²) in [5.41, 5.74) is 3.33. The summed E-state index contributed by atoms with van der Waals surface area (Å²) in [6.45, 7) is 3.35. The molecular formula is C32H31NO6. The summed E-state index contributed by atoms with van der Waals surface area (Å²) in [6.07, 6.45) is 2.38. The monoisotopic (exact) mass is 525 g/mol. The number of rotatable bonds is 7. The number of ketones is 1. The summed E-state index contributed by atoms with van der Waals surface area (Å²) in [6, 6.07) is 21.9. The second kappa shape index (κ2) is 10.6. The molecule has 200 valence electrons. The highest BCUT2D eigenvalue weighted by Crippen LogP contribution is 2.41. The number of hydrogen-bond donors (Lipinski definition) is 1. The zero-order chi connectivity index (χ0) is 26.9. The number of fused-ring (bicyclic) bond motifs is 1. The standard InChI is InChI=1S/C32H31NO6/c1-20-16-24-17-23(11-14-27(24)39-20)30(34)28-29(33(32(36)31(28)35)18-26-8-5-15-37-26)22-9-12-25(13-10-22)38-19-21-6-3-2-4-7-21/h2-4,6-7,9-14,17,20,26,29,34H,5,8,15-16,18-19H2,1H3/t20-,26-,29-/m1/s1. The molecule has 1 amide bonds. The van der Waals surface area contributed by atoms with Gasteiger partial charge in [0.05, 0.1) is 17.7 Å². The third-order valence-electron chi connectivity index (χ3n) is 7.58. The fourth-order valence-corrected chi connectivity index (χ4v) is 5.63. The summed E-state index contributed by atoms with van der Waals surface area (Å²) >= 11 is 0. The smallest absolute Gasteiger partial charge is 0.295 e. The Morgan fingerprint density at radius 2 is 1.85 bits per heavy atom. The third-order valence-corrected chi connectivity index (χ3v) is 7.58. The summed E-state index contributed by atoms with van der Waals surface area (Å²) < 4.78 is 17.5. The topological polar surface area (TPSA) is 85.3 Å². The Labute approximate surface area is 227 Å². The molecule has 3 aromatic rings. The van der Waals surface area contributed by atoms with Gasteiger partial charge in [0.2, 0.25) is 0 Å². The van der Waals surface area contributed by atoms with Gasteiger partial charge in [-0.25, -0.2) is 0 Å². The normalized spacial score (nSPS) is 23.6. The average molecular weight is 526 g/mol. The molecule has 0 aromatic heterocycles. The van der Waals surface area contributed by atoms with E-state index in [2.05, 4.69) is 0 Å². The van der Waals surface area contributed by atoms with Crippen molar-refractivity contribution in [3.63, 3.8) is 0 Å². The van der Waals surface area contributed by atoms with E-state index in [1.54, 1.807) is 11.0 Å². The molecule has 6 rings (SSSR count). The van der Waals surface area contributed by atoms with Gasteiger partial charge in [0.15, 0.2) is 0 Å². The number of hydrogen-bond acceptors (Lipinski definition) is 6. The predicted octanol–water partition coefficient (Wildman–Crippen LogP) is 5.19. The van der Waals surface area contributed by atoms with E-state index in [0.717, 1.165) is 41.7 Å². The van der Waals surface area contributed by atoms with Crippen molar-refractivity contribution in [2.24, 2.45) is 0 Å². The third kappa shape index (κ3) is 5.02. The molecule has 3 aliphatic rings. The van der Waals surface area contributed by atoms with Gasteiger partial charge in [-0.1, -0.05) is 42.5 Å². The molecule has 1 N–H and O–H groups in total. The fourth-order valence-electron chi connectivity index (χ4n) is 5.63.